The third-order valence-electron chi connectivity index (χ3n) is 9.26. The summed E-state index contributed by atoms with van der Waals surface area (Å²) in [7, 11) is -1.34. The lowest BCUT2D eigenvalue weighted by Crippen LogP contribution is -2.48. The molecule has 4 heterocycles. The number of piperazine rings is 1. The van der Waals surface area contributed by atoms with E-state index >= 15 is 0 Å². The van der Waals surface area contributed by atoms with Crippen molar-refractivity contribution in [3.63, 3.8) is 0 Å². The van der Waals surface area contributed by atoms with Gasteiger partial charge in [-0.05, 0) is 62.6 Å². The van der Waals surface area contributed by atoms with Crippen molar-refractivity contribution < 1.29 is 18.5 Å². The number of amides is 1. The van der Waals surface area contributed by atoms with Crippen molar-refractivity contribution in [2.75, 3.05) is 32.8 Å². The zero-order valence-corrected chi connectivity index (χ0v) is 28.6. The molecule has 2 aliphatic heterocycles. The quantitative estimate of drug-likeness (QED) is 0.196. The number of furan rings is 1. The van der Waals surface area contributed by atoms with Crippen LogP contribution in [0.5, 0.6) is 0 Å². The zero-order valence-electron chi connectivity index (χ0n) is 27.8. The van der Waals surface area contributed by atoms with E-state index in [9.17, 15) is 14.1 Å². The number of pyridine rings is 1. The second kappa shape index (κ2) is 13.4. The maximum absolute atomic E-state index is 14.1. The van der Waals surface area contributed by atoms with Gasteiger partial charge in [0.1, 0.15) is 28.0 Å². The van der Waals surface area contributed by atoms with E-state index in [0.717, 1.165) is 58.6 Å². The molecule has 1 amide bonds. The maximum Gasteiger partial charge on any atom is 0.272 e. The molecule has 2 atom stereocenters. The Morgan fingerprint density at radius 1 is 0.917 bits per heavy atom. The Hall–Kier alpha value is -4.15. The lowest BCUT2D eigenvalue weighted by atomic mass is 9.94. The topological polar surface area (TPSA) is 90.1 Å². The van der Waals surface area contributed by atoms with Gasteiger partial charge in [0, 0.05) is 68.0 Å². The maximum atomic E-state index is 14.1. The molecular weight excluding hydrogens is 621 g/mol. The molecule has 3 aromatic carbocycles. The van der Waals surface area contributed by atoms with Crippen molar-refractivity contribution >= 4 is 27.9 Å². The molecule has 5 aromatic rings. The number of para-hydroxylation sites is 1. The van der Waals surface area contributed by atoms with Crippen LogP contribution < -0.4 is 0 Å². The van der Waals surface area contributed by atoms with E-state index in [2.05, 4.69) is 35.2 Å². The molecule has 248 valence electrons. The lowest BCUT2D eigenvalue weighted by Gasteiger charge is -2.34. The SMILES string of the molecule is CC(C)(C)S(=O)N1Cc2cc(C(=O)N3CCN(Cc4ccccc4)CC3)nc(-c3cccc(-c4cc5ccccc5o4)c3)c2[C@H]1CCO. The smallest absolute Gasteiger partial charge is 0.272 e. The molecule has 8 nitrogen and oxygen atoms in total. The van der Waals surface area contributed by atoms with Crippen LogP contribution in [0, 0.1) is 0 Å². The minimum Gasteiger partial charge on any atom is -0.456 e. The highest BCUT2D eigenvalue weighted by molar-refractivity contribution is 7.84. The van der Waals surface area contributed by atoms with E-state index in [1.807, 2.05) is 90.6 Å². The Bertz CT molecular complexity index is 1930. The van der Waals surface area contributed by atoms with Gasteiger partial charge in [-0.2, -0.15) is 0 Å². The van der Waals surface area contributed by atoms with Crippen LogP contribution in [0.4, 0.5) is 0 Å². The summed E-state index contributed by atoms with van der Waals surface area (Å²) < 4.78 is 21.5. The predicted octanol–water partition coefficient (Wildman–Crippen LogP) is 6.82. The third-order valence-corrected chi connectivity index (χ3v) is 11.1. The number of aliphatic hydroxyl groups excluding tert-OH is 1. The molecule has 9 heteroatoms. The number of benzene rings is 3. The van der Waals surface area contributed by atoms with Crippen LogP contribution >= 0.6 is 0 Å². The van der Waals surface area contributed by atoms with Gasteiger partial charge in [-0.25, -0.2) is 13.5 Å². The second-order valence-electron chi connectivity index (χ2n) is 13.7. The Kier molecular flexibility index (Phi) is 9.04. The number of aliphatic hydroxyl groups is 1. The highest BCUT2D eigenvalue weighted by Crippen LogP contribution is 2.44. The molecule has 0 saturated carbocycles. The standard InChI is InChI=1S/C39H42N4O4S/c1-39(2,3)48(46)43-26-31-23-32(38(45)42-19-17-41(18-20-42)25-27-10-5-4-6-11-27)40-37(36(31)33(43)16-21-44)30-14-9-13-28(22-30)35-24-29-12-7-8-15-34(29)47-35/h4-15,22-24,33,44H,16-21,25-26H2,1-3H3/t33-,48?/m1/s1. The van der Waals surface area contributed by atoms with Crippen molar-refractivity contribution in [1.29, 1.82) is 0 Å². The van der Waals surface area contributed by atoms with Crippen molar-refractivity contribution in [3.05, 3.63) is 113 Å². The molecule has 0 aliphatic carbocycles. The van der Waals surface area contributed by atoms with Gasteiger partial charge in [0.15, 0.2) is 0 Å². The Morgan fingerprint density at radius 3 is 2.38 bits per heavy atom. The molecule has 2 aliphatic rings. The van der Waals surface area contributed by atoms with Crippen LogP contribution in [0.3, 0.4) is 0 Å². The first-order chi connectivity index (χ1) is 23.2. The first-order valence-corrected chi connectivity index (χ1v) is 17.8. The number of nitrogens with zero attached hydrogens (tertiary/aromatic N) is 4. The molecule has 0 spiro atoms. The van der Waals surface area contributed by atoms with Gasteiger partial charge in [0.2, 0.25) is 0 Å². The van der Waals surface area contributed by atoms with Crippen LogP contribution in [0.2, 0.25) is 0 Å². The van der Waals surface area contributed by atoms with Gasteiger partial charge in [-0.3, -0.25) is 9.69 Å². The fraction of sp³-hybridized carbons (Fsp3) is 0.333. The normalized spacial score (nSPS) is 17.9. The van der Waals surface area contributed by atoms with Gasteiger partial charge < -0.3 is 14.4 Å². The van der Waals surface area contributed by atoms with Crippen molar-refractivity contribution in [3.8, 4) is 22.6 Å². The highest BCUT2D eigenvalue weighted by Gasteiger charge is 2.41. The van der Waals surface area contributed by atoms with Gasteiger partial charge >= 0.3 is 0 Å². The van der Waals surface area contributed by atoms with Gasteiger partial charge in [-0.15, -0.1) is 0 Å². The number of aromatic nitrogens is 1. The first-order valence-electron chi connectivity index (χ1n) is 16.7. The zero-order chi connectivity index (χ0) is 33.4. The molecule has 48 heavy (non-hydrogen) atoms. The average Bonchev–Trinajstić information content (AvgIpc) is 3.70. The van der Waals surface area contributed by atoms with E-state index in [0.29, 0.717) is 37.4 Å². The van der Waals surface area contributed by atoms with E-state index in [1.54, 1.807) is 0 Å². The summed E-state index contributed by atoms with van der Waals surface area (Å²) in [6, 6.07) is 30.0. The minimum atomic E-state index is -1.34. The van der Waals surface area contributed by atoms with Crippen LogP contribution in [0.1, 0.15) is 60.4 Å². The summed E-state index contributed by atoms with van der Waals surface area (Å²) in [5.74, 6) is 0.652. The monoisotopic (exact) mass is 662 g/mol. The molecule has 0 bridgehead atoms. The largest absolute Gasteiger partial charge is 0.456 e. The number of rotatable bonds is 8. The van der Waals surface area contributed by atoms with Gasteiger partial charge in [0.05, 0.1) is 16.5 Å². The minimum absolute atomic E-state index is 0.0612. The molecular formula is C39H42N4O4S. The Labute approximate surface area is 284 Å². The molecule has 1 unspecified atom stereocenters. The summed E-state index contributed by atoms with van der Waals surface area (Å²) >= 11 is 0. The van der Waals surface area contributed by atoms with Crippen molar-refractivity contribution in [2.24, 2.45) is 0 Å². The lowest BCUT2D eigenvalue weighted by molar-refractivity contribution is 0.0622. The molecule has 0 radical (unpaired) electrons. The van der Waals surface area contributed by atoms with Crippen LogP contribution in [-0.4, -0.2) is 71.8 Å². The molecule has 2 aromatic heterocycles. The van der Waals surface area contributed by atoms with Crippen molar-refractivity contribution in [2.45, 2.75) is 51.1 Å². The summed E-state index contributed by atoms with van der Waals surface area (Å²) in [4.78, 5) is 23.5. The van der Waals surface area contributed by atoms with Crippen molar-refractivity contribution in [1.82, 2.24) is 19.1 Å². The summed E-state index contributed by atoms with van der Waals surface area (Å²) in [6.45, 7) is 9.91. The van der Waals surface area contributed by atoms with Gasteiger partial charge in [-0.1, -0.05) is 66.7 Å². The van der Waals surface area contributed by atoms with E-state index < -0.39 is 15.7 Å². The van der Waals surface area contributed by atoms with Gasteiger partial charge in [0.25, 0.3) is 5.91 Å². The van der Waals surface area contributed by atoms with Crippen LogP contribution in [0.15, 0.2) is 95.4 Å². The van der Waals surface area contributed by atoms with E-state index in [1.165, 1.54) is 5.56 Å². The average molecular weight is 663 g/mol. The molecule has 1 N–H and O–H groups in total. The second-order valence-corrected chi connectivity index (χ2v) is 15.9. The van der Waals surface area contributed by atoms with Crippen LogP contribution in [0.25, 0.3) is 33.6 Å². The number of carbonyl (C=O) groups excluding carboxylic acids is 1. The Balaban J connectivity index is 1.25. The highest BCUT2D eigenvalue weighted by atomic mass is 32.2. The number of carbonyl (C=O) groups is 1. The number of hydrogen-bond donors (Lipinski definition) is 1. The van der Waals surface area contributed by atoms with Crippen LogP contribution in [-0.2, 0) is 24.1 Å². The molecule has 1 fully saturated rings. The molecule has 1 saturated heterocycles. The van der Waals surface area contributed by atoms with E-state index in [-0.39, 0.29) is 18.6 Å². The summed E-state index contributed by atoms with van der Waals surface area (Å²) in [5.41, 5.74) is 6.75. The summed E-state index contributed by atoms with van der Waals surface area (Å²) in [6.07, 6.45) is 0.406. The Morgan fingerprint density at radius 2 is 1.65 bits per heavy atom. The fourth-order valence-electron chi connectivity index (χ4n) is 6.86. The fourth-order valence-corrected chi connectivity index (χ4v) is 8.26. The third kappa shape index (κ3) is 6.48. The first kappa shape index (κ1) is 32.4. The van der Waals surface area contributed by atoms with E-state index in [4.69, 9.17) is 9.40 Å². The number of hydrogen-bond acceptors (Lipinski definition) is 6. The summed E-state index contributed by atoms with van der Waals surface area (Å²) in [5, 5.41) is 11.2. The molecule has 7 rings (SSSR count). The number of fused-ring (bicyclic) bond motifs is 2. The predicted molar refractivity (Wildman–Crippen MR) is 190 cm³/mol.